The molecule has 0 aliphatic carbocycles. The highest BCUT2D eigenvalue weighted by Crippen LogP contribution is 1.82. The molecule has 0 atom stereocenters. The minimum atomic E-state index is -0.940. The first-order chi connectivity index (χ1) is 6.07. The minimum Gasteiger partial charge on any atom is -0.363 e. The van der Waals surface area contributed by atoms with Gasteiger partial charge in [-0.15, -0.1) is 0 Å². The summed E-state index contributed by atoms with van der Waals surface area (Å²) in [6, 6.07) is -0.940. The van der Waals surface area contributed by atoms with Crippen molar-refractivity contribution in [3.63, 3.8) is 0 Å². The van der Waals surface area contributed by atoms with E-state index in [1.165, 1.54) is 11.7 Å². The lowest BCUT2D eigenvalue weighted by Crippen LogP contribution is -2.25. The Morgan fingerprint density at radius 3 is 2.23 bits per heavy atom. The Labute approximate surface area is 72.9 Å². The topological polar surface area (TPSA) is 147 Å². The van der Waals surface area contributed by atoms with E-state index in [-0.39, 0.29) is 5.82 Å². The molecule has 1 aromatic heterocycles. The van der Waals surface area contributed by atoms with Crippen LogP contribution in [0.25, 0.3) is 0 Å². The summed E-state index contributed by atoms with van der Waals surface area (Å²) in [4.78, 5) is 25.6. The molecule has 0 unspecified atom stereocenters. The Bertz CT molecular complexity index is 270. The van der Waals surface area contributed by atoms with Gasteiger partial charge in [-0.2, -0.15) is 0 Å². The van der Waals surface area contributed by atoms with Crippen molar-refractivity contribution in [3.05, 3.63) is 18.2 Å². The van der Waals surface area contributed by atoms with Crippen molar-refractivity contribution in [3.8, 4) is 0 Å². The van der Waals surface area contributed by atoms with E-state index >= 15 is 0 Å². The molecule has 0 aliphatic rings. The highest BCUT2D eigenvalue weighted by atomic mass is 16.5. The number of aromatic nitrogens is 2. The van der Waals surface area contributed by atoms with Gasteiger partial charge in [0.2, 0.25) is 0 Å². The van der Waals surface area contributed by atoms with E-state index in [4.69, 9.17) is 10.9 Å². The fraction of sp³-hybridized carbons (Fsp3) is 0. The first-order valence-electron chi connectivity index (χ1n) is 3.06. The van der Waals surface area contributed by atoms with E-state index in [0.29, 0.717) is 0 Å². The number of nitrogens with one attached hydrogen (secondary N) is 2. The van der Waals surface area contributed by atoms with Crippen molar-refractivity contribution >= 4 is 11.9 Å². The van der Waals surface area contributed by atoms with Crippen molar-refractivity contribution in [2.45, 2.75) is 0 Å². The van der Waals surface area contributed by atoms with Gasteiger partial charge in [0, 0.05) is 12.4 Å². The Hall–Kier alpha value is -2.09. The molecule has 0 radical (unpaired) electrons. The maximum absolute atomic E-state index is 10.2. The second-order valence-electron chi connectivity index (χ2n) is 1.78. The normalized spacial score (nSPS) is 8.08. The zero-order chi connectivity index (χ0) is 10.3. The number of hydroxylamine groups is 1. The fourth-order valence-electron chi connectivity index (χ4n) is 0.400. The van der Waals surface area contributed by atoms with Crippen LogP contribution in [-0.4, -0.2) is 27.1 Å². The van der Waals surface area contributed by atoms with E-state index in [9.17, 15) is 9.59 Å². The second-order valence-corrected chi connectivity index (χ2v) is 1.78. The molecule has 8 nitrogen and oxygen atoms in total. The third-order valence-electron chi connectivity index (χ3n) is 0.842. The highest BCUT2D eigenvalue weighted by molar-refractivity contribution is 5.88. The molecule has 0 aromatic carbocycles. The van der Waals surface area contributed by atoms with Crippen LogP contribution in [0.4, 0.5) is 4.79 Å². The molecule has 7 N–H and O–H groups in total. The van der Waals surface area contributed by atoms with Crippen LogP contribution in [0.2, 0.25) is 0 Å². The lowest BCUT2D eigenvalue weighted by Gasteiger charge is -1.80. The summed E-state index contributed by atoms with van der Waals surface area (Å²) in [5, 5.41) is 7.42. The van der Waals surface area contributed by atoms with Gasteiger partial charge in [-0.25, -0.2) is 15.3 Å². The van der Waals surface area contributed by atoms with Crippen LogP contribution >= 0.6 is 0 Å². The van der Waals surface area contributed by atoms with Gasteiger partial charge in [-0.1, -0.05) is 0 Å². The van der Waals surface area contributed by atoms with Crippen molar-refractivity contribution in [2.75, 3.05) is 0 Å². The van der Waals surface area contributed by atoms with Gasteiger partial charge < -0.3 is 16.5 Å². The Morgan fingerprint density at radius 1 is 1.54 bits per heavy atom. The van der Waals surface area contributed by atoms with Crippen LogP contribution in [0.3, 0.4) is 0 Å². The predicted octanol–water partition coefficient (Wildman–Crippen LogP) is -1.45. The molecule has 3 amide bonds. The summed E-state index contributed by atoms with van der Waals surface area (Å²) in [7, 11) is 0. The van der Waals surface area contributed by atoms with Crippen LogP contribution in [-0.2, 0) is 0 Å². The smallest absolute Gasteiger partial charge is 0.335 e. The predicted molar refractivity (Wildman–Crippen MR) is 41.6 cm³/mol. The van der Waals surface area contributed by atoms with E-state index in [1.807, 2.05) is 0 Å². The number of hydrogen-bond acceptors (Lipinski definition) is 4. The van der Waals surface area contributed by atoms with Crippen molar-refractivity contribution in [2.24, 2.45) is 11.5 Å². The van der Waals surface area contributed by atoms with Gasteiger partial charge in [0.25, 0.3) is 5.91 Å². The molecule has 0 saturated heterocycles. The van der Waals surface area contributed by atoms with Gasteiger partial charge in [-0.05, 0) is 0 Å². The molecule has 72 valence electrons. The number of imidazole rings is 1. The molecule has 0 saturated carbocycles. The Kier molecular flexibility index (Phi) is 4.65. The van der Waals surface area contributed by atoms with Crippen LogP contribution in [0.15, 0.2) is 12.4 Å². The maximum Gasteiger partial charge on any atom is 0.335 e. The lowest BCUT2D eigenvalue weighted by molar-refractivity contribution is 0.0991. The molecular formula is C5H9N5O3. The first kappa shape index (κ1) is 10.9. The molecule has 1 rings (SSSR count). The SMILES string of the molecule is NC(=O)NO.NC(=O)c1ncc[nH]1. The van der Waals surface area contributed by atoms with Gasteiger partial charge in [-0.3, -0.25) is 10.0 Å². The van der Waals surface area contributed by atoms with Crippen LogP contribution in [0, 0.1) is 0 Å². The number of carbonyl (C=O) groups excluding carboxylic acids is 2. The van der Waals surface area contributed by atoms with Gasteiger partial charge >= 0.3 is 6.03 Å². The monoisotopic (exact) mass is 187 g/mol. The lowest BCUT2D eigenvalue weighted by atomic mass is 10.6. The number of urea groups is 1. The van der Waals surface area contributed by atoms with E-state index in [0.717, 1.165) is 0 Å². The van der Waals surface area contributed by atoms with E-state index < -0.39 is 11.9 Å². The molecule has 8 heteroatoms. The average Bonchev–Trinajstić information content (AvgIpc) is 2.57. The number of rotatable bonds is 1. The molecule has 0 aliphatic heterocycles. The largest absolute Gasteiger partial charge is 0.363 e. The van der Waals surface area contributed by atoms with Gasteiger partial charge in [0.15, 0.2) is 5.82 Å². The number of hydrogen-bond donors (Lipinski definition) is 5. The van der Waals surface area contributed by atoms with Crippen LogP contribution in [0.1, 0.15) is 10.6 Å². The minimum absolute atomic E-state index is 0.199. The Balaban J connectivity index is 0.000000252. The standard InChI is InChI=1S/C4H5N3O.CH4N2O2/c5-3(8)4-6-1-2-7-4;2-1(4)3-5/h1-2H,(H2,5,8)(H,6,7);5H,(H3,2,3,4). The Morgan fingerprint density at radius 2 is 2.08 bits per heavy atom. The number of nitrogens with zero attached hydrogens (tertiary/aromatic N) is 1. The molecule has 13 heavy (non-hydrogen) atoms. The summed E-state index contributed by atoms with van der Waals surface area (Å²) in [5.41, 5.74) is 10.3. The number of nitrogens with two attached hydrogens (primary N) is 2. The highest BCUT2D eigenvalue weighted by Gasteiger charge is 1.97. The number of primary amides is 2. The quantitative estimate of drug-likeness (QED) is 0.270. The molecular weight excluding hydrogens is 178 g/mol. The summed E-state index contributed by atoms with van der Waals surface area (Å²) in [6.07, 6.45) is 3.01. The van der Waals surface area contributed by atoms with Crippen molar-refractivity contribution in [1.29, 1.82) is 0 Å². The number of amides is 3. The summed E-state index contributed by atoms with van der Waals surface area (Å²) >= 11 is 0. The third-order valence-corrected chi connectivity index (χ3v) is 0.842. The zero-order valence-electron chi connectivity index (χ0n) is 6.52. The van der Waals surface area contributed by atoms with Crippen molar-refractivity contribution in [1.82, 2.24) is 15.4 Å². The average molecular weight is 187 g/mol. The molecule has 0 bridgehead atoms. The summed E-state index contributed by atoms with van der Waals surface area (Å²) in [6.45, 7) is 0. The fourth-order valence-corrected chi connectivity index (χ4v) is 0.400. The maximum atomic E-state index is 10.2. The second kappa shape index (κ2) is 5.55. The molecule has 1 heterocycles. The number of carbonyl (C=O) groups is 2. The van der Waals surface area contributed by atoms with Crippen LogP contribution < -0.4 is 16.9 Å². The molecule has 0 spiro atoms. The molecule has 1 aromatic rings. The first-order valence-corrected chi connectivity index (χ1v) is 3.06. The van der Waals surface area contributed by atoms with E-state index in [2.05, 4.69) is 15.7 Å². The zero-order valence-corrected chi connectivity index (χ0v) is 6.52. The number of H-pyrrole nitrogens is 1. The summed E-state index contributed by atoms with van der Waals surface area (Å²) < 4.78 is 0. The number of aromatic amines is 1. The molecule has 0 fully saturated rings. The third kappa shape index (κ3) is 5.21. The summed E-state index contributed by atoms with van der Waals surface area (Å²) in [5.74, 6) is -0.333. The van der Waals surface area contributed by atoms with Crippen molar-refractivity contribution < 1.29 is 14.8 Å². The van der Waals surface area contributed by atoms with Gasteiger partial charge in [0.1, 0.15) is 0 Å². The van der Waals surface area contributed by atoms with Gasteiger partial charge in [0.05, 0.1) is 0 Å². The van der Waals surface area contributed by atoms with Crippen LogP contribution in [0.5, 0.6) is 0 Å². The van der Waals surface area contributed by atoms with E-state index in [1.54, 1.807) is 6.20 Å².